The standard InChI is InChI=1S/C23H20N2O2/c1-27-19-13-11-18(12-14-19)23(20-9-5-6-10-22(20)26)25-16-15-21(24-25)17-7-3-2-4-8-17/h2-16,23,26H,1H3/t23-/m0/s1. The van der Waals surface area contributed by atoms with Gasteiger partial charge in [-0.25, -0.2) is 0 Å². The van der Waals surface area contributed by atoms with E-state index in [1.165, 1.54) is 0 Å². The molecule has 134 valence electrons. The number of rotatable bonds is 5. The Kier molecular flexibility index (Phi) is 4.62. The Morgan fingerprint density at radius 3 is 2.26 bits per heavy atom. The van der Waals surface area contributed by atoms with Gasteiger partial charge < -0.3 is 9.84 Å². The molecule has 0 bridgehead atoms. The van der Waals surface area contributed by atoms with E-state index in [0.717, 1.165) is 28.1 Å². The molecule has 0 radical (unpaired) electrons. The maximum atomic E-state index is 10.5. The first kappa shape index (κ1) is 16.9. The van der Waals surface area contributed by atoms with Gasteiger partial charge in [-0.2, -0.15) is 5.10 Å². The van der Waals surface area contributed by atoms with E-state index in [9.17, 15) is 5.11 Å². The third-order valence-corrected chi connectivity index (χ3v) is 4.61. The molecule has 1 heterocycles. The predicted octanol–water partition coefficient (Wildman–Crippen LogP) is 4.90. The smallest absolute Gasteiger partial charge is 0.121 e. The SMILES string of the molecule is COc1ccc([C@@H](c2ccccc2O)n2ccc(-c3ccccc3)n2)cc1. The van der Waals surface area contributed by atoms with Crippen molar-refractivity contribution in [2.75, 3.05) is 7.11 Å². The fraction of sp³-hybridized carbons (Fsp3) is 0.0870. The van der Waals surface area contributed by atoms with Crippen LogP contribution < -0.4 is 4.74 Å². The summed E-state index contributed by atoms with van der Waals surface area (Å²) in [5, 5.41) is 15.3. The summed E-state index contributed by atoms with van der Waals surface area (Å²) in [5.74, 6) is 1.04. The van der Waals surface area contributed by atoms with Gasteiger partial charge in [0.15, 0.2) is 0 Å². The molecule has 4 heteroatoms. The normalized spacial score (nSPS) is 11.9. The summed E-state index contributed by atoms with van der Waals surface area (Å²) >= 11 is 0. The topological polar surface area (TPSA) is 47.3 Å². The van der Waals surface area contributed by atoms with Crippen molar-refractivity contribution in [2.24, 2.45) is 0 Å². The highest BCUT2D eigenvalue weighted by Crippen LogP contribution is 2.33. The molecule has 27 heavy (non-hydrogen) atoms. The molecule has 0 saturated carbocycles. The largest absolute Gasteiger partial charge is 0.508 e. The number of aromatic nitrogens is 2. The minimum Gasteiger partial charge on any atom is -0.508 e. The van der Waals surface area contributed by atoms with Gasteiger partial charge >= 0.3 is 0 Å². The van der Waals surface area contributed by atoms with Crippen LogP contribution in [-0.2, 0) is 0 Å². The van der Waals surface area contributed by atoms with Gasteiger partial charge in [0, 0.05) is 17.3 Å². The molecule has 1 aromatic heterocycles. The minimum absolute atomic E-state index is 0.241. The van der Waals surface area contributed by atoms with Crippen molar-refractivity contribution in [3.8, 4) is 22.8 Å². The van der Waals surface area contributed by atoms with Crippen LogP contribution in [0, 0.1) is 0 Å². The number of ether oxygens (including phenoxy) is 1. The van der Waals surface area contributed by atoms with E-state index in [1.54, 1.807) is 13.2 Å². The van der Waals surface area contributed by atoms with Crippen LogP contribution in [0.4, 0.5) is 0 Å². The zero-order chi connectivity index (χ0) is 18.6. The Morgan fingerprint density at radius 2 is 1.56 bits per heavy atom. The Morgan fingerprint density at radius 1 is 0.852 bits per heavy atom. The zero-order valence-electron chi connectivity index (χ0n) is 15.0. The van der Waals surface area contributed by atoms with Crippen molar-refractivity contribution < 1.29 is 9.84 Å². The predicted molar refractivity (Wildman–Crippen MR) is 106 cm³/mol. The fourth-order valence-electron chi connectivity index (χ4n) is 3.22. The molecule has 0 aliphatic heterocycles. The molecule has 1 N–H and O–H groups in total. The molecule has 4 nitrogen and oxygen atoms in total. The van der Waals surface area contributed by atoms with Crippen LogP contribution in [0.3, 0.4) is 0 Å². The third kappa shape index (κ3) is 3.42. The summed E-state index contributed by atoms with van der Waals surface area (Å²) in [7, 11) is 1.65. The number of phenolic OH excluding ortho intramolecular Hbond substituents is 1. The highest BCUT2D eigenvalue weighted by atomic mass is 16.5. The third-order valence-electron chi connectivity index (χ3n) is 4.61. The van der Waals surface area contributed by atoms with E-state index >= 15 is 0 Å². The van der Waals surface area contributed by atoms with Crippen LogP contribution in [0.1, 0.15) is 17.2 Å². The summed E-state index contributed by atoms with van der Waals surface area (Å²) in [4.78, 5) is 0. The lowest BCUT2D eigenvalue weighted by atomic mass is 9.98. The van der Waals surface area contributed by atoms with E-state index in [0.29, 0.717) is 0 Å². The van der Waals surface area contributed by atoms with E-state index in [2.05, 4.69) is 0 Å². The van der Waals surface area contributed by atoms with Gasteiger partial charge in [-0.15, -0.1) is 0 Å². The highest BCUT2D eigenvalue weighted by Gasteiger charge is 2.21. The molecule has 0 amide bonds. The number of methoxy groups -OCH3 is 1. The van der Waals surface area contributed by atoms with Gasteiger partial charge in [0.2, 0.25) is 0 Å². The van der Waals surface area contributed by atoms with Crippen LogP contribution in [-0.4, -0.2) is 22.0 Å². The Hall–Kier alpha value is -3.53. The van der Waals surface area contributed by atoms with Crippen molar-refractivity contribution in [1.29, 1.82) is 0 Å². The number of nitrogens with zero attached hydrogens (tertiary/aromatic N) is 2. The lowest BCUT2D eigenvalue weighted by Crippen LogP contribution is -2.13. The van der Waals surface area contributed by atoms with Gasteiger partial charge in [-0.05, 0) is 29.8 Å². The maximum absolute atomic E-state index is 10.5. The fourth-order valence-corrected chi connectivity index (χ4v) is 3.22. The summed E-state index contributed by atoms with van der Waals surface area (Å²) in [6.45, 7) is 0. The quantitative estimate of drug-likeness (QED) is 0.553. The van der Waals surface area contributed by atoms with Crippen molar-refractivity contribution in [2.45, 2.75) is 6.04 Å². The number of para-hydroxylation sites is 1. The summed E-state index contributed by atoms with van der Waals surface area (Å²) < 4.78 is 7.16. The molecule has 1 atom stereocenters. The van der Waals surface area contributed by atoms with Crippen LogP contribution in [0.2, 0.25) is 0 Å². The average Bonchev–Trinajstić information content (AvgIpc) is 3.21. The first-order valence-electron chi connectivity index (χ1n) is 8.78. The molecule has 4 rings (SSSR count). The van der Waals surface area contributed by atoms with Crippen molar-refractivity contribution in [1.82, 2.24) is 9.78 Å². The second-order valence-corrected chi connectivity index (χ2v) is 6.28. The Labute approximate surface area is 158 Å². The van der Waals surface area contributed by atoms with Gasteiger partial charge in [-0.1, -0.05) is 60.7 Å². The van der Waals surface area contributed by atoms with Crippen LogP contribution >= 0.6 is 0 Å². The summed E-state index contributed by atoms with van der Waals surface area (Å²) in [6.07, 6.45) is 1.95. The molecule has 0 aliphatic carbocycles. The van der Waals surface area contributed by atoms with Crippen molar-refractivity contribution in [3.05, 3.63) is 102 Å². The number of hydrogen-bond donors (Lipinski definition) is 1. The Bertz CT molecular complexity index is 1020. The van der Waals surface area contributed by atoms with Gasteiger partial charge in [0.25, 0.3) is 0 Å². The number of phenols is 1. The molecular formula is C23H20N2O2. The second-order valence-electron chi connectivity index (χ2n) is 6.28. The number of hydrogen-bond acceptors (Lipinski definition) is 3. The molecular weight excluding hydrogens is 336 g/mol. The van der Waals surface area contributed by atoms with E-state index in [4.69, 9.17) is 9.84 Å². The minimum atomic E-state index is -0.241. The summed E-state index contributed by atoms with van der Waals surface area (Å²) in [6, 6.07) is 27.0. The first-order chi connectivity index (χ1) is 13.3. The number of aromatic hydroxyl groups is 1. The summed E-state index contributed by atoms with van der Waals surface area (Å²) in [5.41, 5.74) is 3.76. The van der Waals surface area contributed by atoms with E-state index < -0.39 is 0 Å². The average molecular weight is 356 g/mol. The Balaban J connectivity index is 1.81. The molecule has 0 fully saturated rings. The lowest BCUT2D eigenvalue weighted by molar-refractivity contribution is 0.414. The van der Waals surface area contributed by atoms with Gasteiger partial charge in [0.1, 0.15) is 17.5 Å². The van der Waals surface area contributed by atoms with Crippen LogP contribution in [0.15, 0.2) is 91.1 Å². The van der Waals surface area contributed by atoms with Crippen molar-refractivity contribution >= 4 is 0 Å². The number of benzene rings is 3. The van der Waals surface area contributed by atoms with Gasteiger partial charge in [0.05, 0.1) is 12.8 Å². The van der Waals surface area contributed by atoms with E-state index in [-0.39, 0.29) is 11.8 Å². The van der Waals surface area contributed by atoms with Crippen LogP contribution in [0.25, 0.3) is 11.3 Å². The van der Waals surface area contributed by atoms with E-state index in [1.807, 2.05) is 89.7 Å². The lowest BCUT2D eigenvalue weighted by Gasteiger charge is -2.20. The van der Waals surface area contributed by atoms with Gasteiger partial charge in [-0.3, -0.25) is 4.68 Å². The highest BCUT2D eigenvalue weighted by molar-refractivity contribution is 5.58. The second kappa shape index (κ2) is 7.38. The molecule has 0 unspecified atom stereocenters. The molecule has 0 aliphatic rings. The zero-order valence-corrected chi connectivity index (χ0v) is 15.0. The molecule has 4 aromatic rings. The molecule has 3 aromatic carbocycles. The van der Waals surface area contributed by atoms with Crippen molar-refractivity contribution in [3.63, 3.8) is 0 Å². The maximum Gasteiger partial charge on any atom is 0.121 e. The monoisotopic (exact) mass is 356 g/mol. The molecule has 0 spiro atoms. The molecule has 0 saturated heterocycles. The van der Waals surface area contributed by atoms with Crippen LogP contribution in [0.5, 0.6) is 11.5 Å². The first-order valence-corrected chi connectivity index (χ1v) is 8.78.